The molecule has 36 heavy (non-hydrogen) atoms. The minimum atomic E-state index is -0.783. The second-order valence-corrected chi connectivity index (χ2v) is 9.04. The summed E-state index contributed by atoms with van der Waals surface area (Å²) in [6.45, 7) is 0. The summed E-state index contributed by atoms with van der Waals surface area (Å²) in [5.74, 6) is -1.12. The summed E-state index contributed by atoms with van der Waals surface area (Å²) in [5, 5.41) is 8.06. The minimum absolute atomic E-state index is 0.186. The Morgan fingerprint density at radius 3 is 2.61 bits per heavy atom. The van der Waals surface area contributed by atoms with Crippen LogP contribution in [-0.2, 0) is 0 Å². The van der Waals surface area contributed by atoms with Crippen LogP contribution < -0.4 is 10.6 Å². The maximum atomic E-state index is 13.8. The van der Waals surface area contributed by atoms with Crippen LogP contribution in [0.1, 0.15) is 15.9 Å². The van der Waals surface area contributed by atoms with Crippen LogP contribution in [0.5, 0.6) is 0 Å². The maximum Gasteiger partial charge on any atom is 0.349 e. The predicted octanol–water partition coefficient (Wildman–Crippen LogP) is 6.38. The topological polar surface area (TPSA) is 75.8 Å². The zero-order chi connectivity index (χ0) is 24.6. The highest BCUT2D eigenvalue weighted by atomic mass is 32.1. The van der Waals surface area contributed by atoms with Crippen LogP contribution in [0.2, 0.25) is 0 Å². The second-order valence-electron chi connectivity index (χ2n) is 8.03. The lowest BCUT2D eigenvalue weighted by molar-refractivity contribution is 0.0984. The van der Waals surface area contributed by atoms with E-state index in [1.165, 1.54) is 30.5 Å². The molecule has 6 aromatic rings. The van der Waals surface area contributed by atoms with Gasteiger partial charge in [0.2, 0.25) is 5.13 Å². The van der Waals surface area contributed by atoms with Gasteiger partial charge >= 0.3 is 5.63 Å². The first kappa shape index (κ1) is 21.8. The Bertz CT molecular complexity index is 1860. The zero-order valence-electron chi connectivity index (χ0n) is 18.6. The van der Waals surface area contributed by atoms with Crippen LogP contribution in [0.15, 0.2) is 105 Å². The molecule has 0 bridgehead atoms. The molecule has 0 saturated carbocycles. The molecule has 174 valence electrons. The number of hydrogen-bond donors (Lipinski definition) is 0. The molecule has 0 aliphatic carbocycles. The highest BCUT2D eigenvalue weighted by Crippen LogP contribution is 2.31. The number of fused-ring (bicyclic) bond motifs is 4. The van der Waals surface area contributed by atoms with Gasteiger partial charge < -0.3 is 4.42 Å². The molecule has 0 atom stereocenters. The highest BCUT2D eigenvalue weighted by Gasteiger charge is 2.25. The summed E-state index contributed by atoms with van der Waals surface area (Å²) < 4.78 is 19.9. The standard InChI is InChI=1S/C28H16FN3O3S/c29-19-11-12-23-25(14-19)36-28(31-23)32(30-16-17-6-2-1-3-7-17)26(33)22-15-21-20-9-5-4-8-18(20)10-13-24(21)35-27(22)34/h1-16H/b30-16+. The van der Waals surface area contributed by atoms with Gasteiger partial charge in [0.15, 0.2) is 0 Å². The van der Waals surface area contributed by atoms with Gasteiger partial charge in [-0.2, -0.15) is 10.1 Å². The molecule has 0 radical (unpaired) electrons. The third-order valence-corrected chi connectivity index (χ3v) is 6.70. The van der Waals surface area contributed by atoms with Crippen LogP contribution in [-0.4, -0.2) is 17.1 Å². The number of thiazole rings is 1. The van der Waals surface area contributed by atoms with E-state index in [1.54, 1.807) is 6.07 Å². The average Bonchev–Trinajstić information content (AvgIpc) is 3.31. The number of rotatable bonds is 4. The smallest absolute Gasteiger partial charge is 0.349 e. The molecule has 4 aromatic carbocycles. The Hall–Kier alpha value is -4.69. The normalized spacial score (nSPS) is 11.6. The van der Waals surface area contributed by atoms with E-state index in [2.05, 4.69) is 10.1 Å². The van der Waals surface area contributed by atoms with Gasteiger partial charge in [-0.05, 0) is 46.7 Å². The van der Waals surface area contributed by atoms with E-state index < -0.39 is 17.3 Å². The molecule has 6 nitrogen and oxygen atoms in total. The number of halogens is 1. The number of hydrogen-bond acceptors (Lipinski definition) is 6. The lowest BCUT2D eigenvalue weighted by Gasteiger charge is -2.13. The van der Waals surface area contributed by atoms with E-state index in [9.17, 15) is 14.0 Å². The minimum Gasteiger partial charge on any atom is -0.422 e. The molecular formula is C28H16FN3O3S. The third kappa shape index (κ3) is 3.93. The maximum absolute atomic E-state index is 13.8. The largest absolute Gasteiger partial charge is 0.422 e. The van der Waals surface area contributed by atoms with E-state index in [-0.39, 0.29) is 10.7 Å². The summed E-state index contributed by atoms with van der Waals surface area (Å²) >= 11 is 1.10. The number of carbonyl (C=O) groups is 1. The van der Waals surface area contributed by atoms with Crippen molar-refractivity contribution in [2.24, 2.45) is 5.10 Å². The summed E-state index contributed by atoms with van der Waals surface area (Å²) in [6.07, 6.45) is 1.50. The lowest BCUT2D eigenvalue weighted by atomic mass is 10.0. The van der Waals surface area contributed by atoms with Crippen molar-refractivity contribution in [1.82, 2.24) is 4.98 Å². The van der Waals surface area contributed by atoms with Gasteiger partial charge in [0.1, 0.15) is 17.0 Å². The zero-order valence-corrected chi connectivity index (χ0v) is 19.4. The number of carbonyl (C=O) groups excluding carboxylic acids is 1. The summed E-state index contributed by atoms with van der Waals surface area (Å²) in [5.41, 5.74) is 0.675. The number of hydrazone groups is 1. The fraction of sp³-hybridized carbons (Fsp3) is 0. The van der Waals surface area contributed by atoms with E-state index in [0.717, 1.165) is 32.7 Å². The summed E-state index contributed by atoms with van der Waals surface area (Å²) in [7, 11) is 0. The average molecular weight is 494 g/mol. The van der Waals surface area contributed by atoms with Crippen LogP contribution in [0.25, 0.3) is 32.0 Å². The summed E-state index contributed by atoms with van der Waals surface area (Å²) in [6, 6.07) is 26.1. The van der Waals surface area contributed by atoms with E-state index in [0.29, 0.717) is 21.2 Å². The van der Waals surface area contributed by atoms with Gasteiger partial charge in [0.05, 0.1) is 16.4 Å². The van der Waals surface area contributed by atoms with Crippen molar-refractivity contribution >= 4 is 60.5 Å². The monoisotopic (exact) mass is 493 g/mol. The van der Waals surface area contributed by atoms with Crippen LogP contribution in [0.4, 0.5) is 9.52 Å². The molecule has 0 fully saturated rings. The van der Waals surface area contributed by atoms with E-state index >= 15 is 0 Å². The molecule has 2 heterocycles. The first-order chi connectivity index (χ1) is 17.6. The van der Waals surface area contributed by atoms with Crippen LogP contribution in [0.3, 0.4) is 0 Å². The SMILES string of the molecule is O=C(c1cc2c(ccc3ccccc32)oc1=O)N(/N=C/c1ccccc1)c1nc2ccc(F)cc2s1. The predicted molar refractivity (Wildman–Crippen MR) is 140 cm³/mol. The Morgan fingerprint density at radius 2 is 1.75 bits per heavy atom. The van der Waals surface area contributed by atoms with Crippen LogP contribution in [0, 0.1) is 5.82 Å². The van der Waals surface area contributed by atoms with Crippen LogP contribution >= 0.6 is 11.3 Å². The Labute approximate surface area is 207 Å². The molecular weight excluding hydrogens is 477 g/mol. The Balaban J connectivity index is 1.51. The van der Waals surface area contributed by atoms with Crippen molar-refractivity contribution in [2.45, 2.75) is 0 Å². The van der Waals surface area contributed by atoms with E-state index in [4.69, 9.17) is 4.42 Å². The van der Waals surface area contributed by atoms with Gasteiger partial charge in [0.25, 0.3) is 5.91 Å². The van der Waals surface area contributed by atoms with E-state index in [1.807, 2.05) is 60.7 Å². The molecule has 0 aliphatic heterocycles. The number of benzene rings is 4. The third-order valence-electron chi connectivity index (χ3n) is 5.71. The van der Waals surface area contributed by atoms with Crippen molar-refractivity contribution < 1.29 is 13.6 Å². The molecule has 2 aromatic heterocycles. The summed E-state index contributed by atoms with van der Waals surface area (Å²) in [4.78, 5) is 31.1. The quantitative estimate of drug-likeness (QED) is 0.124. The molecule has 0 spiro atoms. The molecule has 8 heteroatoms. The molecule has 0 aliphatic rings. The number of nitrogens with zero attached hydrogens (tertiary/aromatic N) is 3. The number of aromatic nitrogens is 1. The Kier molecular flexibility index (Phi) is 5.35. The second kappa shape index (κ2) is 8.83. The van der Waals surface area contributed by atoms with Gasteiger partial charge in [0, 0.05) is 5.39 Å². The van der Waals surface area contributed by atoms with Gasteiger partial charge in [-0.1, -0.05) is 72.0 Å². The van der Waals surface area contributed by atoms with Gasteiger partial charge in [-0.25, -0.2) is 14.2 Å². The number of amides is 1. The van der Waals surface area contributed by atoms with Gasteiger partial charge in [-0.3, -0.25) is 4.79 Å². The van der Waals surface area contributed by atoms with Crippen molar-refractivity contribution in [1.29, 1.82) is 0 Å². The first-order valence-corrected chi connectivity index (χ1v) is 11.8. The molecule has 6 rings (SSSR count). The highest BCUT2D eigenvalue weighted by molar-refractivity contribution is 7.22. The number of anilines is 1. The first-order valence-electron chi connectivity index (χ1n) is 11.0. The van der Waals surface area contributed by atoms with Gasteiger partial charge in [-0.15, -0.1) is 0 Å². The molecule has 0 N–H and O–H groups in total. The Morgan fingerprint density at radius 1 is 0.944 bits per heavy atom. The van der Waals surface area contributed by atoms with Crippen molar-refractivity contribution in [3.63, 3.8) is 0 Å². The fourth-order valence-corrected chi connectivity index (χ4v) is 4.91. The fourth-order valence-electron chi connectivity index (χ4n) is 3.96. The molecule has 0 saturated heterocycles. The van der Waals surface area contributed by atoms with Crippen molar-refractivity contribution in [3.05, 3.63) is 118 Å². The van der Waals surface area contributed by atoms with Crippen molar-refractivity contribution in [3.8, 4) is 0 Å². The molecule has 0 unspecified atom stereocenters. The van der Waals surface area contributed by atoms with Crippen molar-refractivity contribution in [2.75, 3.05) is 5.01 Å². The molecule has 1 amide bonds. The lowest BCUT2D eigenvalue weighted by Crippen LogP contribution is -2.30.